The summed E-state index contributed by atoms with van der Waals surface area (Å²) in [5.41, 5.74) is 13.6. The minimum atomic E-state index is 0.786. The van der Waals surface area contributed by atoms with Crippen LogP contribution in [-0.4, -0.2) is 19.2 Å². The van der Waals surface area contributed by atoms with Crippen LogP contribution < -0.4 is 0 Å². The fraction of sp³-hybridized carbons (Fsp3) is 0.333. The molecular formula is C30H34N4. The number of rotatable bonds is 6. The molecule has 4 nitrogen and oxygen atoms in total. The number of hydrogen-bond donors (Lipinski definition) is 0. The van der Waals surface area contributed by atoms with Crippen molar-refractivity contribution in [2.75, 3.05) is 0 Å². The Hall–Kier alpha value is -3.40. The lowest BCUT2D eigenvalue weighted by atomic mass is 9.89. The molecular weight excluding hydrogens is 416 g/mol. The van der Waals surface area contributed by atoms with Crippen LogP contribution >= 0.6 is 0 Å². The van der Waals surface area contributed by atoms with Gasteiger partial charge in [0.2, 0.25) is 0 Å². The van der Waals surface area contributed by atoms with Crippen molar-refractivity contribution < 1.29 is 0 Å². The molecule has 0 amide bonds. The van der Waals surface area contributed by atoms with Crippen LogP contribution in [0.25, 0.3) is 27.9 Å². The molecule has 0 spiro atoms. The van der Waals surface area contributed by atoms with E-state index in [0.717, 1.165) is 41.0 Å². The molecule has 5 rings (SSSR count). The van der Waals surface area contributed by atoms with Gasteiger partial charge in [-0.1, -0.05) is 49.7 Å². The molecule has 0 aliphatic carbocycles. The largest absolute Gasteiger partial charge is 0.321 e. The van der Waals surface area contributed by atoms with Gasteiger partial charge in [-0.2, -0.15) is 9.61 Å². The molecule has 0 N–H and O–H groups in total. The fourth-order valence-corrected chi connectivity index (χ4v) is 5.48. The Morgan fingerprint density at radius 3 is 2.38 bits per heavy atom. The molecule has 34 heavy (non-hydrogen) atoms. The SMILES string of the molecule is CCCCc1c(C)cc(C)c(-c2cc3c(C)nc4cc(C)nn4c3n2Cc2ccccc2)c1C. The predicted molar refractivity (Wildman–Crippen MR) is 142 cm³/mol. The van der Waals surface area contributed by atoms with Gasteiger partial charge in [0.15, 0.2) is 5.65 Å². The topological polar surface area (TPSA) is 35.1 Å². The first kappa shape index (κ1) is 22.4. The standard InChI is InChI=1S/C30H34N4/c1-7-8-14-25-19(2)15-20(3)29(22(25)5)27-17-26-23(6)31-28-16-21(4)32-34(28)30(26)33(27)18-24-12-10-9-11-13-24/h9-13,15-17H,7-8,14,18H2,1-6H3. The molecule has 4 heteroatoms. The minimum Gasteiger partial charge on any atom is -0.321 e. The molecule has 3 heterocycles. The zero-order valence-electron chi connectivity index (χ0n) is 21.2. The number of aromatic nitrogens is 4. The first-order valence-electron chi connectivity index (χ1n) is 12.4. The van der Waals surface area contributed by atoms with Crippen LogP contribution in [0.15, 0.2) is 48.5 Å². The van der Waals surface area contributed by atoms with Gasteiger partial charge in [0.05, 0.1) is 17.1 Å². The highest BCUT2D eigenvalue weighted by molar-refractivity contribution is 5.89. The first-order valence-corrected chi connectivity index (χ1v) is 12.4. The van der Waals surface area contributed by atoms with Crippen molar-refractivity contribution in [1.29, 1.82) is 0 Å². The van der Waals surface area contributed by atoms with Gasteiger partial charge in [-0.3, -0.25) is 0 Å². The van der Waals surface area contributed by atoms with E-state index in [1.165, 1.54) is 51.9 Å². The predicted octanol–water partition coefficient (Wildman–Crippen LogP) is 7.28. The Morgan fingerprint density at radius 2 is 1.65 bits per heavy atom. The van der Waals surface area contributed by atoms with Crippen molar-refractivity contribution >= 4 is 16.7 Å². The Balaban J connectivity index is 1.85. The average Bonchev–Trinajstić information content (AvgIpc) is 3.35. The van der Waals surface area contributed by atoms with Crippen LogP contribution in [0.2, 0.25) is 0 Å². The van der Waals surface area contributed by atoms with E-state index in [0.29, 0.717) is 0 Å². The van der Waals surface area contributed by atoms with E-state index in [-0.39, 0.29) is 0 Å². The van der Waals surface area contributed by atoms with Gasteiger partial charge in [-0.05, 0) is 81.3 Å². The van der Waals surface area contributed by atoms with Gasteiger partial charge in [0, 0.05) is 23.6 Å². The second kappa shape index (κ2) is 8.75. The average molecular weight is 451 g/mol. The van der Waals surface area contributed by atoms with Crippen molar-refractivity contribution in [2.45, 2.75) is 67.3 Å². The van der Waals surface area contributed by atoms with Crippen LogP contribution in [0.1, 0.15) is 59.0 Å². The molecule has 174 valence electrons. The third-order valence-electron chi connectivity index (χ3n) is 7.10. The van der Waals surface area contributed by atoms with Crippen molar-refractivity contribution in [2.24, 2.45) is 0 Å². The monoisotopic (exact) mass is 450 g/mol. The summed E-state index contributed by atoms with van der Waals surface area (Å²) in [6.45, 7) is 14.0. The Bertz CT molecular complexity index is 1500. The van der Waals surface area contributed by atoms with Gasteiger partial charge in [-0.15, -0.1) is 0 Å². The molecule has 0 saturated carbocycles. The van der Waals surface area contributed by atoms with Gasteiger partial charge in [0.25, 0.3) is 0 Å². The molecule has 0 fully saturated rings. The molecule has 0 radical (unpaired) electrons. The number of fused-ring (bicyclic) bond motifs is 3. The number of nitrogens with zero attached hydrogens (tertiary/aromatic N) is 4. The summed E-state index contributed by atoms with van der Waals surface area (Å²) in [5.74, 6) is 0. The molecule has 0 unspecified atom stereocenters. The highest BCUT2D eigenvalue weighted by Gasteiger charge is 2.21. The fourth-order valence-electron chi connectivity index (χ4n) is 5.48. The van der Waals surface area contributed by atoms with Crippen LogP contribution in [0, 0.1) is 34.6 Å². The Morgan fingerprint density at radius 1 is 0.882 bits per heavy atom. The van der Waals surface area contributed by atoms with Crippen LogP contribution in [-0.2, 0) is 13.0 Å². The smallest absolute Gasteiger partial charge is 0.157 e. The summed E-state index contributed by atoms with van der Waals surface area (Å²) < 4.78 is 4.48. The van der Waals surface area contributed by atoms with E-state index < -0.39 is 0 Å². The number of unbranched alkanes of at least 4 members (excludes halogenated alkanes) is 1. The van der Waals surface area contributed by atoms with E-state index in [4.69, 9.17) is 10.1 Å². The number of benzene rings is 2. The summed E-state index contributed by atoms with van der Waals surface area (Å²) in [7, 11) is 0. The Kier molecular flexibility index (Phi) is 5.76. The van der Waals surface area contributed by atoms with Crippen molar-refractivity contribution in [1.82, 2.24) is 19.2 Å². The molecule has 0 saturated heterocycles. The van der Waals surface area contributed by atoms with Crippen LogP contribution in [0.4, 0.5) is 0 Å². The number of aryl methyl sites for hydroxylation is 4. The molecule has 0 atom stereocenters. The maximum absolute atomic E-state index is 4.88. The zero-order valence-corrected chi connectivity index (χ0v) is 21.2. The van der Waals surface area contributed by atoms with Crippen molar-refractivity contribution in [3.8, 4) is 11.3 Å². The lowest BCUT2D eigenvalue weighted by molar-refractivity contribution is 0.784. The maximum Gasteiger partial charge on any atom is 0.157 e. The summed E-state index contributed by atoms with van der Waals surface area (Å²) >= 11 is 0. The maximum atomic E-state index is 4.88. The third kappa shape index (κ3) is 3.71. The molecule has 3 aromatic heterocycles. The second-order valence-electron chi connectivity index (χ2n) is 9.68. The van der Waals surface area contributed by atoms with Gasteiger partial charge < -0.3 is 4.57 Å². The molecule has 2 aromatic carbocycles. The van der Waals surface area contributed by atoms with Gasteiger partial charge >= 0.3 is 0 Å². The Labute approximate surface area is 202 Å². The second-order valence-corrected chi connectivity index (χ2v) is 9.68. The van der Waals surface area contributed by atoms with Crippen molar-refractivity contribution in [3.63, 3.8) is 0 Å². The highest BCUT2D eigenvalue weighted by Crippen LogP contribution is 2.37. The van der Waals surface area contributed by atoms with E-state index in [2.05, 4.69) is 87.7 Å². The van der Waals surface area contributed by atoms with E-state index in [1.807, 2.05) is 11.4 Å². The van der Waals surface area contributed by atoms with Gasteiger partial charge in [0.1, 0.15) is 5.65 Å². The lowest BCUT2D eigenvalue weighted by Gasteiger charge is -2.20. The van der Waals surface area contributed by atoms with E-state index >= 15 is 0 Å². The molecule has 5 aromatic rings. The number of hydrogen-bond acceptors (Lipinski definition) is 2. The van der Waals surface area contributed by atoms with Crippen LogP contribution in [0.3, 0.4) is 0 Å². The third-order valence-corrected chi connectivity index (χ3v) is 7.10. The summed E-state index contributed by atoms with van der Waals surface area (Å²) in [6.07, 6.45) is 3.55. The quantitative estimate of drug-likeness (QED) is 0.272. The van der Waals surface area contributed by atoms with E-state index in [1.54, 1.807) is 0 Å². The summed E-state index contributed by atoms with van der Waals surface area (Å²) in [4.78, 5) is 4.88. The highest BCUT2D eigenvalue weighted by atomic mass is 15.3. The first-order chi connectivity index (χ1) is 16.4. The van der Waals surface area contributed by atoms with Gasteiger partial charge in [-0.25, -0.2) is 4.98 Å². The normalized spacial score (nSPS) is 11.7. The molecule has 0 aliphatic heterocycles. The zero-order chi connectivity index (χ0) is 24.0. The van der Waals surface area contributed by atoms with Crippen molar-refractivity contribution in [3.05, 3.63) is 87.7 Å². The van der Waals surface area contributed by atoms with Crippen LogP contribution in [0.5, 0.6) is 0 Å². The molecule has 0 bridgehead atoms. The minimum absolute atomic E-state index is 0.786. The summed E-state index contributed by atoms with van der Waals surface area (Å²) in [5, 5.41) is 6.01. The molecule has 0 aliphatic rings. The summed E-state index contributed by atoms with van der Waals surface area (Å²) in [6, 6.07) is 17.5. The lowest BCUT2D eigenvalue weighted by Crippen LogP contribution is -2.08. The van der Waals surface area contributed by atoms with E-state index in [9.17, 15) is 0 Å².